The fourth-order valence-electron chi connectivity index (χ4n) is 3.48. The van der Waals surface area contributed by atoms with Crippen LogP contribution in [-0.2, 0) is 4.18 Å². The number of aromatic nitrogens is 4. The van der Waals surface area contributed by atoms with E-state index in [4.69, 9.17) is 4.18 Å². The molecule has 0 amide bonds. The summed E-state index contributed by atoms with van der Waals surface area (Å²) in [7, 11) is -1.37. The van der Waals surface area contributed by atoms with Crippen LogP contribution in [-0.4, -0.2) is 31.8 Å². The number of pyridine rings is 2. The van der Waals surface area contributed by atoms with Gasteiger partial charge in [0.1, 0.15) is 5.82 Å². The molecule has 0 aliphatic heterocycles. The zero-order chi connectivity index (χ0) is 24.3. The number of nitrogens with one attached hydrogen (secondary N) is 2. The van der Waals surface area contributed by atoms with Crippen molar-refractivity contribution in [2.75, 3.05) is 11.8 Å². The highest BCUT2D eigenvalue weighted by Gasteiger charge is 2.20. The summed E-state index contributed by atoms with van der Waals surface area (Å²) in [4.78, 5) is 9.00. The lowest BCUT2D eigenvalue weighted by Gasteiger charge is -2.37. The molecule has 0 spiro atoms. The van der Waals surface area contributed by atoms with Crippen molar-refractivity contribution in [3.05, 3.63) is 102 Å². The highest BCUT2D eigenvalue weighted by Crippen LogP contribution is 2.52. The Balaban J connectivity index is 1.48. The number of halogens is 1. The molecule has 2 aromatic carbocycles. The molecule has 0 aliphatic rings. The number of rotatable bonds is 5. The molecule has 3 N–H and O–H groups in total. The number of hydrogen-bond donors (Lipinski definition) is 3. The molecule has 5 aromatic rings. The molecular formula is C26H20FN5O2S. The summed E-state index contributed by atoms with van der Waals surface area (Å²) in [6.07, 6.45) is 4.84. The monoisotopic (exact) mass is 485 g/mol. The molecule has 3 aromatic heterocycles. The van der Waals surface area contributed by atoms with Crippen molar-refractivity contribution in [3.63, 3.8) is 0 Å². The van der Waals surface area contributed by atoms with Crippen LogP contribution in [0.5, 0.6) is 0 Å². The van der Waals surface area contributed by atoms with Crippen LogP contribution in [0, 0.1) is 17.7 Å². The number of para-hydroxylation sites is 1. The number of nitrogens with zero attached hydrogens (tertiary/aromatic N) is 3. The fraction of sp³-hybridized carbons (Fsp3) is 0.0385. The van der Waals surface area contributed by atoms with E-state index in [9.17, 15) is 8.94 Å². The average molecular weight is 486 g/mol. The van der Waals surface area contributed by atoms with Gasteiger partial charge in [-0.3, -0.25) is 23.5 Å². The molecule has 0 aliphatic carbocycles. The van der Waals surface area contributed by atoms with E-state index >= 15 is 0 Å². The average Bonchev–Trinajstić information content (AvgIpc) is 3.32. The Morgan fingerprint density at radius 2 is 1.86 bits per heavy atom. The standard InChI is InChI=1S/C26H20FN5O2S/c1-34-35(33,22-6-4-14-28-17-22)32-24-7-3-2-5-19(24)9-8-18-15-23-25(30-31-26(23)29-16-18)20-10-12-21(27)13-11-20/h2-7,10-17,32-33H,1H3,(H,29,30,31). The van der Waals surface area contributed by atoms with Gasteiger partial charge in [0.2, 0.25) is 0 Å². The lowest BCUT2D eigenvalue weighted by molar-refractivity contribution is 0.400. The number of aromatic amines is 1. The van der Waals surface area contributed by atoms with Gasteiger partial charge in [0.25, 0.3) is 0 Å². The van der Waals surface area contributed by atoms with Crippen molar-refractivity contribution in [3.8, 4) is 23.1 Å². The highest BCUT2D eigenvalue weighted by atomic mass is 32.3. The van der Waals surface area contributed by atoms with Crippen molar-refractivity contribution < 1.29 is 13.1 Å². The third-order valence-corrected chi connectivity index (χ3v) is 7.11. The minimum absolute atomic E-state index is 0.305. The van der Waals surface area contributed by atoms with Crippen LogP contribution in [0.1, 0.15) is 11.1 Å². The van der Waals surface area contributed by atoms with Crippen molar-refractivity contribution >= 4 is 27.5 Å². The van der Waals surface area contributed by atoms with Crippen LogP contribution >= 0.6 is 10.8 Å². The second-order valence-electron chi connectivity index (χ2n) is 7.48. The Hall–Kier alpha value is -4.23. The third kappa shape index (κ3) is 4.72. The summed E-state index contributed by atoms with van der Waals surface area (Å²) in [6.45, 7) is 0. The molecule has 7 nitrogen and oxygen atoms in total. The molecule has 35 heavy (non-hydrogen) atoms. The Morgan fingerprint density at radius 1 is 1.03 bits per heavy atom. The van der Waals surface area contributed by atoms with Gasteiger partial charge in [0, 0.05) is 34.5 Å². The molecule has 0 bridgehead atoms. The first-order valence-electron chi connectivity index (χ1n) is 10.6. The van der Waals surface area contributed by atoms with Gasteiger partial charge in [-0.1, -0.05) is 34.7 Å². The normalized spacial score (nSPS) is 13.5. The van der Waals surface area contributed by atoms with E-state index in [1.807, 2.05) is 30.3 Å². The molecule has 9 heteroatoms. The minimum Gasteiger partial charge on any atom is -0.279 e. The summed E-state index contributed by atoms with van der Waals surface area (Å²) >= 11 is 0. The van der Waals surface area contributed by atoms with Crippen LogP contribution < -0.4 is 4.72 Å². The Kier molecular flexibility index (Phi) is 6.16. The van der Waals surface area contributed by atoms with Gasteiger partial charge >= 0.3 is 0 Å². The van der Waals surface area contributed by atoms with Crippen LogP contribution in [0.4, 0.5) is 10.1 Å². The van der Waals surface area contributed by atoms with E-state index in [0.717, 1.165) is 16.6 Å². The maximum absolute atomic E-state index is 13.3. The van der Waals surface area contributed by atoms with Crippen molar-refractivity contribution in [2.24, 2.45) is 0 Å². The topological polar surface area (TPSA) is 96.0 Å². The lowest BCUT2D eigenvalue weighted by Crippen LogP contribution is -2.13. The van der Waals surface area contributed by atoms with Gasteiger partial charge in [-0.15, -0.1) is 0 Å². The maximum Gasteiger partial charge on any atom is 0.181 e. The third-order valence-electron chi connectivity index (χ3n) is 5.25. The van der Waals surface area contributed by atoms with E-state index in [1.54, 1.807) is 42.9 Å². The largest absolute Gasteiger partial charge is 0.279 e. The zero-order valence-corrected chi connectivity index (χ0v) is 19.4. The molecular weight excluding hydrogens is 465 g/mol. The molecule has 0 radical (unpaired) electrons. The molecule has 5 rings (SSSR count). The van der Waals surface area contributed by atoms with E-state index < -0.39 is 10.8 Å². The van der Waals surface area contributed by atoms with Crippen LogP contribution in [0.25, 0.3) is 22.3 Å². The van der Waals surface area contributed by atoms with Crippen LogP contribution in [0.2, 0.25) is 0 Å². The van der Waals surface area contributed by atoms with Crippen LogP contribution in [0.3, 0.4) is 0 Å². The van der Waals surface area contributed by atoms with Gasteiger partial charge in [-0.05, 0) is 54.6 Å². The van der Waals surface area contributed by atoms with Gasteiger partial charge in [-0.25, -0.2) is 9.37 Å². The SMILES string of the molecule is COS(O)(Nc1ccccc1C#Cc1cnc2n[nH]c(-c3ccc(F)cc3)c2c1)c1cccnc1. The molecule has 0 fully saturated rings. The maximum atomic E-state index is 13.3. The minimum atomic E-state index is -2.81. The number of anilines is 1. The number of fused-ring (bicyclic) bond motifs is 1. The first kappa shape index (κ1) is 22.6. The molecule has 1 atom stereocenters. The lowest BCUT2D eigenvalue weighted by atomic mass is 10.1. The predicted octanol–water partition coefficient (Wildman–Crippen LogP) is 5.78. The summed E-state index contributed by atoms with van der Waals surface area (Å²) in [5.74, 6) is 5.98. The van der Waals surface area contributed by atoms with Crippen molar-refractivity contribution in [1.82, 2.24) is 20.2 Å². The van der Waals surface area contributed by atoms with E-state index in [2.05, 4.69) is 36.7 Å². The van der Waals surface area contributed by atoms with E-state index in [0.29, 0.717) is 27.4 Å². The zero-order valence-electron chi connectivity index (χ0n) is 18.6. The summed E-state index contributed by atoms with van der Waals surface area (Å²) < 4.78 is 33.0. The van der Waals surface area contributed by atoms with Crippen molar-refractivity contribution in [1.29, 1.82) is 0 Å². The Labute approximate surface area is 202 Å². The smallest absolute Gasteiger partial charge is 0.181 e. The summed E-state index contributed by atoms with van der Waals surface area (Å²) in [6, 6.07) is 18.9. The first-order valence-corrected chi connectivity index (χ1v) is 12.1. The van der Waals surface area contributed by atoms with Gasteiger partial charge in [0.05, 0.1) is 29.6 Å². The van der Waals surface area contributed by atoms with Gasteiger partial charge in [0.15, 0.2) is 5.65 Å². The van der Waals surface area contributed by atoms with Gasteiger partial charge < -0.3 is 0 Å². The molecule has 3 heterocycles. The summed E-state index contributed by atoms with van der Waals surface area (Å²) in [5.41, 5.74) is 4.05. The molecule has 174 valence electrons. The van der Waals surface area contributed by atoms with Crippen LogP contribution in [0.15, 0.2) is 90.2 Å². The number of H-pyrrole nitrogens is 1. The number of hydrogen-bond acceptors (Lipinski definition) is 6. The van der Waals surface area contributed by atoms with Crippen molar-refractivity contribution in [2.45, 2.75) is 4.90 Å². The molecule has 1 unspecified atom stereocenters. The quantitative estimate of drug-likeness (QED) is 0.273. The number of benzene rings is 2. The van der Waals surface area contributed by atoms with E-state index in [-0.39, 0.29) is 5.82 Å². The second-order valence-corrected chi connectivity index (χ2v) is 9.54. The summed E-state index contributed by atoms with van der Waals surface area (Å²) in [5, 5.41) is 7.99. The predicted molar refractivity (Wildman–Crippen MR) is 135 cm³/mol. The molecule has 0 saturated heterocycles. The second kappa shape index (κ2) is 9.56. The Morgan fingerprint density at radius 3 is 2.63 bits per heavy atom. The molecule has 0 saturated carbocycles. The Bertz CT molecular complexity index is 1550. The highest BCUT2D eigenvalue weighted by molar-refractivity contribution is 8.26. The van der Waals surface area contributed by atoms with Gasteiger partial charge in [-0.2, -0.15) is 5.10 Å². The fourth-order valence-corrected chi connectivity index (χ4v) is 4.82. The van der Waals surface area contributed by atoms with E-state index in [1.165, 1.54) is 19.2 Å². The first-order chi connectivity index (χ1) is 17.1.